The van der Waals surface area contributed by atoms with Crippen LogP contribution in [0.2, 0.25) is 0 Å². The van der Waals surface area contributed by atoms with E-state index in [0.29, 0.717) is 25.0 Å². The van der Waals surface area contributed by atoms with E-state index >= 15 is 0 Å². The van der Waals surface area contributed by atoms with Gasteiger partial charge in [-0.1, -0.05) is 31.3 Å². The zero-order valence-electron chi connectivity index (χ0n) is 12.0. The van der Waals surface area contributed by atoms with Crippen LogP contribution < -0.4 is 5.73 Å². The fourth-order valence-electron chi connectivity index (χ4n) is 2.48. The van der Waals surface area contributed by atoms with Crippen molar-refractivity contribution in [2.45, 2.75) is 63.8 Å². The molecule has 1 unspecified atom stereocenters. The molecule has 0 saturated heterocycles. The molecule has 19 heavy (non-hydrogen) atoms. The molecule has 5 nitrogen and oxygen atoms in total. The van der Waals surface area contributed by atoms with E-state index in [1.54, 1.807) is 0 Å². The largest absolute Gasteiger partial charge is 0.379 e. The molecule has 108 valence electrons. The van der Waals surface area contributed by atoms with Crippen LogP contribution in [0.3, 0.4) is 0 Å². The minimum atomic E-state index is -0.675. The van der Waals surface area contributed by atoms with E-state index in [-0.39, 0.29) is 0 Å². The Balaban J connectivity index is 1.98. The van der Waals surface area contributed by atoms with Crippen LogP contribution >= 0.6 is 0 Å². The highest BCUT2D eigenvalue weighted by atomic mass is 16.5. The molecule has 1 atom stereocenters. The predicted molar refractivity (Wildman–Crippen MR) is 72.8 cm³/mol. The smallest absolute Gasteiger partial charge is 0.229 e. The van der Waals surface area contributed by atoms with Crippen molar-refractivity contribution in [2.75, 3.05) is 13.2 Å². The second-order valence-electron chi connectivity index (χ2n) is 5.76. The van der Waals surface area contributed by atoms with Gasteiger partial charge in [0, 0.05) is 12.5 Å². The molecule has 0 radical (unpaired) electrons. The van der Waals surface area contributed by atoms with Gasteiger partial charge in [0.15, 0.2) is 5.82 Å². The van der Waals surface area contributed by atoms with Crippen molar-refractivity contribution < 1.29 is 9.26 Å². The van der Waals surface area contributed by atoms with Crippen LogP contribution in [0.5, 0.6) is 0 Å². The van der Waals surface area contributed by atoms with Gasteiger partial charge in [0.05, 0.1) is 6.61 Å². The summed E-state index contributed by atoms with van der Waals surface area (Å²) in [5, 5.41) is 4.05. The second kappa shape index (κ2) is 6.48. The van der Waals surface area contributed by atoms with Gasteiger partial charge in [-0.05, 0) is 26.2 Å². The van der Waals surface area contributed by atoms with Crippen LogP contribution in [-0.2, 0) is 10.3 Å². The Hall–Kier alpha value is -0.940. The van der Waals surface area contributed by atoms with Gasteiger partial charge in [0.1, 0.15) is 5.54 Å². The highest BCUT2D eigenvalue weighted by Crippen LogP contribution is 2.32. The van der Waals surface area contributed by atoms with Crippen molar-refractivity contribution >= 4 is 0 Å². The van der Waals surface area contributed by atoms with Crippen LogP contribution in [0, 0.1) is 0 Å². The van der Waals surface area contributed by atoms with E-state index in [9.17, 15) is 0 Å². The monoisotopic (exact) mass is 267 g/mol. The Bertz CT molecular complexity index is 384. The van der Waals surface area contributed by atoms with Gasteiger partial charge in [-0.15, -0.1) is 0 Å². The van der Waals surface area contributed by atoms with Crippen molar-refractivity contribution in [3.8, 4) is 0 Å². The van der Waals surface area contributed by atoms with Gasteiger partial charge in [-0.3, -0.25) is 0 Å². The van der Waals surface area contributed by atoms with Gasteiger partial charge in [0.2, 0.25) is 5.89 Å². The van der Waals surface area contributed by atoms with Gasteiger partial charge in [-0.25, -0.2) is 0 Å². The maximum atomic E-state index is 6.21. The molecule has 5 heteroatoms. The third kappa shape index (κ3) is 3.76. The minimum Gasteiger partial charge on any atom is -0.379 e. The number of nitrogens with two attached hydrogens (primary N) is 1. The summed E-state index contributed by atoms with van der Waals surface area (Å²) in [6.45, 7) is 5.09. The normalized spacial score (nSPS) is 20.4. The van der Waals surface area contributed by atoms with Crippen LogP contribution in [0.25, 0.3) is 0 Å². The van der Waals surface area contributed by atoms with Crippen LogP contribution in [-0.4, -0.2) is 23.4 Å². The average molecular weight is 267 g/mol. The minimum absolute atomic E-state index is 0.419. The number of aromatic nitrogens is 2. The molecule has 1 heterocycles. The Kier molecular flexibility index (Phi) is 4.93. The first-order valence-corrected chi connectivity index (χ1v) is 7.34. The summed E-state index contributed by atoms with van der Waals surface area (Å²) >= 11 is 0. The number of ether oxygens (including phenoxy) is 1. The number of rotatable bonds is 6. The Morgan fingerprint density at radius 2 is 2.11 bits per heavy atom. The quantitative estimate of drug-likeness (QED) is 0.802. The lowest BCUT2D eigenvalue weighted by Crippen LogP contribution is -2.39. The summed E-state index contributed by atoms with van der Waals surface area (Å²) in [5.74, 6) is 1.73. The molecular formula is C14H25N3O2. The zero-order valence-corrected chi connectivity index (χ0v) is 12.0. The van der Waals surface area contributed by atoms with E-state index in [2.05, 4.69) is 17.1 Å². The first-order valence-electron chi connectivity index (χ1n) is 7.34. The average Bonchev–Trinajstić information content (AvgIpc) is 2.90. The Morgan fingerprint density at radius 3 is 2.79 bits per heavy atom. The molecule has 1 aliphatic carbocycles. The standard InChI is InChI=1S/C14H25N3O2/c1-3-9-18-10-14(2,15)13-16-12(19-17-13)11-7-5-4-6-8-11/h11H,3-10,15H2,1-2H3. The molecule has 1 aromatic heterocycles. The molecule has 0 aliphatic heterocycles. The summed E-state index contributed by atoms with van der Waals surface area (Å²) in [7, 11) is 0. The van der Waals surface area contributed by atoms with E-state index in [1.165, 1.54) is 19.3 Å². The Morgan fingerprint density at radius 1 is 1.37 bits per heavy atom. The fraction of sp³-hybridized carbons (Fsp3) is 0.857. The van der Waals surface area contributed by atoms with Gasteiger partial charge >= 0.3 is 0 Å². The van der Waals surface area contributed by atoms with Crippen molar-refractivity contribution in [3.05, 3.63) is 11.7 Å². The van der Waals surface area contributed by atoms with E-state index in [1.807, 2.05) is 6.92 Å². The molecule has 1 aliphatic rings. The van der Waals surface area contributed by atoms with Gasteiger partial charge in [0.25, 0.3) is 0 Å². The molecule has 0 amide bonds. The molecule has 1 aromatic rings. The maximum absolute atomic E-state index is 6.21. The first-order chi connectivity index (χ1) is 9.13. The number of hydrogen-bond donors (Lipinski definition) is 1. The molecule has 0 bridgehead atoms. The van der Waals surface area contributed by atoms with Crippen LogP contribution in [0.4, 0.5) is 0 Å². The van der Waals surface area contributed by atoms with E-state index in [4.69, 9.17) is 15.0 Å². The number of nitrogens with zero attached hydrogens (tertiary/aromatic N) is 2. The third-order valence-electron chi connectivity index (χ3n) is 3.66. The molecule has 0 spiro atoms. The highest BCUT2D eigenvalue weighted by molar-refractivity contribution is 5.04. The van der Waals surface area contributed by atoms with Crippen molar-refractivity contribution in [1.29, 1.82) is 0 Å². The summed E-state index contributed by atoms with van der Waals surface area (Å²) < 4.78 is 10.9. The van der Waals surface area contributed by atoms with Crippen molar-refractivity contribution in [2.24, 2.45) is 5.73 Å². The van der Waals surface area contributed by atoms with Crippen molar-refractivity contribution in [1.82, 2.24) is 10.1 Å². The molecular weight excluding hydrogens is 242 g/mol. The third-order valence-corrected chi connectivity index (χ3v) is 3.66. The highest BCUT2D eigenvalue weighted by Gasteiger charge is 2.30. The van der Waals surface area contributed by atoms with E-state index < -0.39 is 5.54 Å². The second-order valence-corrected chi connectivity index (χ2v) is 5.76. The zero-order chi connectivity index (χ0) is 13.7. The van der Waals surface area contributed by atoms with Gasteiger partial charge in [-0.2, -0.15) is 4.98 Å². The summed E-state index contributed by atoms with van der Waals surface area (Å²) in [6.07, 6.45) is 7.10. The maximum Gasteiger partial charge on any atom is 0.229 e. The lowest BCUT2D eigenvalue weighted by atomic mass is 9.89. The molecule has 1 fully saturated rings. The van der Waals surface area contributed by atoms with Crippen LogP contribution in [0.1, 0.15) is 70.0 Å². The molecule has 0 aromatic carbocycles. The number of hydrogen-bond acceptors (Lipinski definition) is 5. The summed E-state index contributed by atoms with van der Waals surface area (Å²) in [6, 6.07) is 0. The van der Waals surface area contributed by atoms with E-state index in [0.717, 1.165) is 25.2 Å². The topological polar surface area (TPSA) is 74.2 Å². The first kappa shape index (κ1) is 14.5. The molecule has 1 saturated carbocycles. The molecule has 2 N–H and O–H groups in total. The van der Waals surface area contributed by atoms with Crippen LogP contribution in [0.15, 0.2) is 4.52 Å². The van der Waals surface area contributed by atoms with Crippen molar-refractivity contribution in [3.63, 3.8) is 0 Å². The lowest BCUT2D eigenvalue weighted by Gasteiger charge is -2.20. The predicted octanol–water partition coefficient (Wildman–Crippen LogP) is 2.72. The Labute approximate surface area is 114 Å². The lowest BCUT2D eigenvalue weighted by molar-refractivity contribution is 0.0867. The fourth-order valence-corrected chi connectivity index (χ4v) is 2.48. The summed E-state index contributed by atoms with van der Waals surface area (Å²) in [4.78, 5) is 4.50. The molecule has 2 rings (SSSR count). The SMILES string of the molecule is CCCOCC(C)(N)c1noc(C2CCCCC2)n1. The summed E-state index contributed by atoms with van der Waals surface area (Å²) in [5.41, 5.74) is 5.54. The van der Waals surface area contributed by atoms with Gasteiger partial charge < -0.3 is 15.0 Å².